The summed E-state index contributed by atoms with van der Waals surface area (Å²) in [5.74, 6) is 0.253. The maximum Gasteiger partial charge on any atom is 0.278 e. The summed E-state index contributed by atoms with van der Waals surface area (Å²) in [5.41, 5.74) is 2.54. The average Bonchev–Trinajstić information content (AvgIpc) is 3.17. The fraction of sp³-hybridized carbons (Fsp3) is 0.105. The lowest BCUT2D eigenvalue weighted by Gasteiger charge is -2.28. The van der Waals surface area contributed by atoms with Crippen molar-refractivity contribution in [3.05, 3.63) is 59.6 Å². The Bertz CT molecular complexity index is 982. The molecule has 26 heavy (non-hydrogen) atoms. The predicted molar refractivity (Wildman–Crippen MR) is 101 cm³/mol. The minimum Gasteiger partial charge on any atom is -0.497 e. The number of para-hydroxylation sites is 2. The molecule has 0 spiro atoms. The molecule has 2 aromatic carbocycles. The van der Waals surface area contributed by atoms with Gasteiger partial charge < -0.3 is 10.1 Å². The van der Waals surface area contributed by atoms with Gasteiger partial charge in [0.05, 0.1) is 18.5 Å². The second-order valence-electron chi connectivity index (χ2n) is 5.72. The Morgan fingerprint density at radius 2 is 1.96 bits per heavy atom. The van der Waals surface area contributed by atoms with Gasteiger partial charge in [0.1, 0.15) is 23.0 Å². The summed E-state index contributed by atoms with van der Waals surface area (Å²) < 4.78 is 5.16. The summed E-state index contributed by atoms with van der Waals surface area (Å²) >= 11 is 1.39. The summed E-state index contributed by atoms with van der Waals surface area (Å²) in [4.78, 5) is 30.8. The van der Waals surface area contributed by atoms with Crippen molar-refractivity contribution >= 4 is 34.5 Å². The number of ether oxygens (including phenoxy) is 1. The molecule has 1 aliphatic rings. The number of rotatable bonds is 3. The quantitative estimate of drug-likeness (QED) is 0.772. The van der Waals surface area contributed by atoms with Crippen LogP contribution in [0.25, 0.3) is 10.6 Å². The van der Waals surface area contributed by atoms with Gasteiger partial charge in [-0.05, 0) is 36.4 Å². The molecule has 7 heteroatoms. The van der Waals surface area contributed by atoms with Crippen molar-refractivity contribution in [3.63, 3.8) is 0 Å². The minimum atomic E-state index is -0.289. The van der Waals surface area contributed by atoms with E-state index in [4.69, 9.17) is 4.74 Å². The Morgan fingerprint density at radius 3 is 2.73 bits per heavy atom. The molecule has 2 heterocycles. The number of fused-ring (bicyclic) bond motifs is 1. The molecular formula is C19H15N3O3S. The SMILES string of the molecule is COc1ccc(-c2nc(C(=O)N3CC(=O)Nc4ccccc43)cs2)cc1. The molecule has 0 saturated heterocycles. The van der Waals surface area contributed by atoms with Crippen LogP contribution in [0.5, 0.6) is 5.75 Å². The average molecular weight is 365 g/mol. The van der Waals surface area contributed by atoms with E-state index in [1.165, 1.54) is 16.2 Å². The van der Waals surface area contributed by atoms with E-state index in [0.29, 0.717) is 17.1 Å². The molecule has 0 radical (unpaired) electrons. The van der Waals surface area contributed by atoms with Crippen LogP contribution in [-0.2, 0) is 4.79 Å². The smallest absolute Gasteiger partial charge is 0.278 e. The molecule has 0 saturated carbocycles. The maximum absolute atomic E-state index is 12.9. The zero-order valence-electron chi connectivity index (χ0n) is 13.9. The van der Waals surface area contributed by atoms with E-state index in [0.717, 1.165) is 16.3 Å². The predicted octanol–water partition coefficient (Wildman–Crippen LogP) is 3.42. The second kappa shape index (κ2) is 6.61. The number of benzene rings is 2. The van der Waals surface area contributed by atoms with Gasteiger partial charge in [0.25, 0.3) is 5.91 Å². The van der Waals surface area contributed by atoms with E-state index >= 15 is 0 Å². The third-order valence-corrected chi connectivity index (χ3v) is 4.97. The number of anilines is 2. The summed E-state index contributed by atoms with van der Waals surface area (Å²) in [6.45, 7) is -0.0226. The molecule has 130 valence electrons. The minimum absolute atomic E-state index is 0.0226. The highest BCUT2D eigenvalue weighted by Gasteiger charge is 2.28. The Hall–Kier alpha value is -3.19. The number of nitrogens with one attached hydrogen (secondary N) is 1. The molecule has 0 aliphatic carbocycles. The number of amides is 2. The van der Waals surface area contributed by atoms with E-state index < -0.39 is 0 Å². The van der Waals surface area contributed by atoms with Crippen molar-refractivity contribution in [2.24, 2.45) is 0 Å². The third-order valence-electron chi connectivity index (χ3n) is 4.08. The summed E-state index contributed by atoms with van der Waals surface area (Å²) in [6, 6.07) is 14.7. The molecule has 0 fully saturated rings. The highest BCUT2D eigenvalue weighted by molar-refractivity contribution is 7.13. The normalized spacial score (nSPS) is 13.1. The fourth-order valence-electron chi connectivity index (χ4n) is 2.79. The van der Waals surface area contributed by atoms with Crippen molar-refractivity contribution in [3.8, 4) is 16.3 Å². The number of thiazole rings is 1. The van der Waals surface area contributed by atoms with Crippen molar-refractivity contribution < 1.29 is 14.3 Å². The van der Waals surface area contributed by atoms with E-state index in [9.17, 15) is 9.59 Å². The molecule has 1 aromatic heterocycles. The van der Waals surface area contributed by atoms with Gasteiger partial charge in [0.2, 0.25) is 5.91 Å². The third kappa shape index (κ3) is 2.93. The first-order valence-electron chi connectivity index (χ1n) is 7.96. The van der Waals surface area contributed by atoms with Crippen LogP contribution in [0.15, 0.2) is 53.9 Å². The van der Waals surface area contributed by atoms with E-state index in [2.05, 4.69) is 10.3 Å². The molecule has 0 unspecified atom stereocenters. The number of carbonyl (C=O) groups is 2. The number of hydrogen-bond acceptors (Lipinski definition) is 5. The first kappa shape index (κ1) is 16.3. The Kier molecular flexibility index (Phi) is 4.14. The van der Waals surface area contributed by atoms with Crippen LogP contribution >= 0.6 is 11.3 Å². The Labute approximate surface area is 154 Å². The summed E-state index contributed by atoms with van der Waals surface area (Å²) in [6.07, 6.45) is 0. The number of nitrogens with zero attached hydrogens (tertiary/aromatic N) is 2. The van der Waals surface area contributed by atoms with Crippen LogP contribution in [0.4, 0.5) is 11.4 Å². The summed E-state index contributed by atoms with van der Waals surface area (Å²) in [5, 5.41) is 5.24. The van der Waals surface area contributed by atoms with Crippen molar-refractivity contribution in [1.29, 1.82) is 0 Å². The standard InChI is InChI=1S/C19H15N3O3S/c1-25-13-8-6-12(7-9-13)18-21-15(11-26-18)19(24)22-10-17(23)20-14-4-2-3-5-16(14)22/h2-9,11H,10H2,1H3,(H,20,23). The molecule has 1 aliphatic heterocycles. The molecule has 1 N–H and O–H groups in total. The Morgan fingerprint density at radius 1 is 1.19 bits per heavy atom. The van der Waals surface area contributed by atoms with Gasteiger partial charge in [0, 0.05) is 10.9 Å². The van der Waals surface area contributed by atoms with Gasteiger partial charge in [-0.15, -0.1) is 11.3 Å². The molecule has 6 nitrogen and oxygen atoms in total. The molecular weight excluding hydrogens is 350 g/mol. The van der Waals surface area contributed by atoms with Gasteiger partial charge in [-0.25, -0.2) is 4.98 Å². The number of aromatic nitrogens is 1. The number of hydrogen-bond donors (Lipinski definition) is 1. The zero-order valence-corrected chi connectivity index (χ0v) is 14.7. The molecule has 2 amide bonds. The molecule has 3 aromatic rings. The zero-order chi connectivity index (χ0) is 18.1. The molecule has 0 bridgehead atoms. The van der Waals surface area contributed by atoms with Crippen molar-refractivity contribution in [2.45, 2.75) is 0 Å². The second-order valence-corrected chi connectivity index (χ2v) is 6.58. The van der Waals surface area contributed by atoms with Gasteiger partial charge in [-0.3, -0.25) is 14.5 Å². The largest absolute Gasteiger partial charge is 0.497 e. The maximum atomic E-state index is 12.9. The first-order chi connectivity index (χ1) is 12.7. The number of carbonyl (C=O) groups excluding carboxylic acids is 2. The van der Waals surface area contributed by atoms with Gasteiger partial charge >= 0.3 is 0 Å². The van der Waals surface area contributed by atoms with Gasteiger partial charge in [-0.1, -0.05) is 12.1 Å². The lowest BCUT2D eigenvalue weighted by molar-refractivity contribution is -0.115. The summed E-state index contributed by atoms with van der Waals surface area (Å²) in [7, 11) is 1.61. The van der Waals surface area contributed by atoms with E-state index in [-0.39, 0.29) is 18.4 Å². The van der Waals surface area contributed by atoms with E-state index in [1.54, 1.807) is 18.6 Å². The topological polar surface area (TPSA) is 71.5 Å². The fourth-order valence-corrected chi connectivity index (χ4v) is 3.59. The van der Waals surface area contributed by atoms with Crippen LogP contribution in [0.2, 0.25) is 0 Å². The Balaban J connectivity index is 1.63. The van der Waals surface area contributed by atoms with Crippen LogP contribution in [0.1, 0.15) is 10.5 Å². The highest BCUT2D eigenvalue weighted by Crippen LogP contribution is 2.31. The lowest BCUT2D eigenvalue weighted by atomic mass is 10.2. The highest BCUT2D eigenvalue weighted by atomic mass is 32.1. The molecule has 4 rings (SSSR count). The van der Waals surface area contributed by atoms with Crippen LogP contribution in [0, 0.1) is 0 Å². The van der Waals surface area contributed by atoms with Gasteiger partial charge in [-0.2, -0.15) is 0 Å². The van der Waals surface area contributed by atoms with Crippen LogP contribution in [-0.4, -0.2) is 30.5 Å². The van der Waals surface area contributed by atoms with E-state index in [1.807, 2.05) is 42.5 Å². The van der Waals surface area contributed by atoms with Gasteiger partial charge in [0.15, 0.2) is 0 Å². The first-order valence-corrected chi connectivity index (χ1v) is 8.84. The van der Waals surface area contributed by atoms with Crippen LogP contribution in [0.3, 0.4) is 0 Å². The monoisotopic (exact) mass is 365 g/mol. The van der Waals surface area contributed by atoms with Crippen molar-refractivity contribution in [1.82, 2.24) is 4.98 Å². The lowest BCUT2D eigenvalue weighted by Crippen LogP contribution is -2.42. The van der Waals surface area contributed by atoms with Crippen LogP contribution < -0.4 is 15.0 Å². The molecule has 0 atom stereocenters. The van der Waals surface area contributed by atoms with Crippen molar-refractivity contribution in [2.75, 3.05) is 23.9 Å². The number of methoxy groups -OCH3 is 1.